The molecule has 76 valence electrons. The third-order valence-corrected chi connectivity index (χ3v) is 1.90. The summed E-state index contributed by atoms with van der Waals surface area (Å²) in [6.07, 6.45) is 0. The van der Waals surface area contributed by atoms with Gasteiger partial charge in [-0.15, -0.1) is 0 Å². The maximum absolute atomic E-state index is 10.7. The Morgan fingerprint density at radius 1 is 1.50 bits per heavy atom. The third kappa shape index (κ3) is 1.99. The Labute approximate surface area is 82.3 Å². The van der Waals surface area contributed by atoms with E-state index in [4.69, 9.17) is 0 Å². The molecule has 0 unspecified atom stereocenters. The van der Waals surface area contributed by atoms with Gasteiger partial charge in [0.1, 0.15) is 11.5 Å². The number of rotatable bonds is 3. The first-order valence-corrected chi connectivity index (χ1v) is 4.39. The molecule has 1 rings (SSSR count). The quantitative estimate of drug-likeness (QED) is 0.592. The molecule has 0 bridgehead atoms. The standard InChI is InChI=1S/C9H13N3O2/c1-6(2)9-7(12(13)14)4-5-8(10-3)11-9/h4-6H,1-3H3,(H,10,11). The van der Waals surface area contributed by atoms with Crippen LogP contribution in [0.4, 0.5) is 11.5 Å². The Hall–Kier alpha value is -1.65. The molecule has 0 saturated carbocycles. The van der Waals surface area contributed by atoms with E-state index < -0.39 is 4.92 Å². The van der Waals surface area contributed by atoms with Gasteiger partial charge in [-0.25, -0.2) is 4.98 Å². The van der Waals surface area contributed by atoms with Crippen molar-refractivity contribution in [2.24, 2.45) is 0 Å². The summed E-state index contributed by atoms with van der Waals surface area (Å²) in [6, 6.07) is 3.08. The van der Waals surface area contributed by atoms with Crippen molar-refractivity contribution in [1.82, 2.24) is 4.98 Å². The maximum atomic E-state index is 10.7. The van der Waals surface area contributed by atoms with E-state index in [1.54, 1.807) is 13.1 Å². The number of pyridine rings is 1. The number of aromatic nitrogens is 1. The molecule has 0 saturated heterocycles. The van der Waals surface area contributed by atoms with Gasteiger partial charge in [-0.3, -0.25) is 10.1 Å². The molecule has 14 heavy (non-hydrogen) atoms. The first kappa shape index (κ1) is 10.4. The first-order valence-electron chi connectivity index (χ1n) is 4.39. The molecule has 1 aromatic rings. The number of anilines is 1. The molecular formula is C9H13N3O2. The van der Waals surface area contributed by atoms with Crippen LogP contribution in [0, 0.1) is 10.1 Å². The molecule has 1 heterocycles. The van der Waals surface area contributed by atoms with Gasteiger partial charge in [0.25, 0.3) is 5.69 Å². The van der Waals surface area contributed by atoms with E-state index in [9.17, 15) is 10.1 Å². The molecule has 0 radical (unpaired) electrons. The van der Waals surface area contributed by atoms with Crippen LogP contribution in [0.25, 0.3) is 0 Å². The summed E-state index contributed by atoms with van der Waals surface area (Å²) in [5, 5.41) is 13.5. The van der Waals surface area contributed by atoms with Crippen LogP contribution in [-0.2, 0) is 0 Å². The Bertz CT molecular complexity index is 350. The lowest BCUT2D eigenvalue weighted by molar-refractivity contribution is -0.386. The molecular weight excluding hydrogens is 182 g/mol. The van der Waals surface area contributed by atoms with E-state index in [1.807, 2.05) is 13.8 Å². The Morgan fingerprint density at radius 3 is 2.57 bits per heavy atom. The zero-order chi connectivity index (χ0) is 10.7. The van der Waals surface area contributed by atoms with Gasteiger partial charge in [0, 0.05) is 19.0 Å². The summed E-state index contributed by atoms with van der Waals surface area (Å²) in [6.45, 7) is 3.77. The normalized spacial score (nSPS) is 10.3. The minimum absolute atomic E-state index is 0.0451. The van der Waals surface area contributed by atoms with Gasteiger partial charge in [0.15, 0.2) is 0 Å². The zero-order valence-electron chi connectivity index (χ0n) is 8.44. The summed E-state index contributed by atoms with van der Waals surface area (Å²) < 4.78 is 0. The van der Waals surface area contributed by atoms with Crippen molar-refractivity contribution in [2.45, 2.75) is 19.8 Å². The van der Waals surface area contributed by atoms with Crippen LogP contribution in [0.1, 0.15) is 25.5 Å². The molecule has 1 N–H and O–H groups in total. The van der Waals surface area contributed by atoms with E-state index in [0.29, 0.717) is 11.5 Å². The summed E-state index contributed by atoms with van der Waals surface area (Å²) in [4.78, 5) is 14.4. The number of hydrogen-bond donors (Lipinski definition) is 1. The lowest BCUT2D eigenvalue weighted by atomic mass is 10.1. The minimum atomic E-state index is -0.401. The van der Waals surface area contributed by atoms with Crippen molar-refractivity contribution in [3.05, 3.63) is 27.9 Å². The molecule has 0 fully saturated rings. The predicted molar refractivity (Wildman–Crippen MR) is 54.5 cm³/mol. The van der Waals surface area contributed by atoms with Crippen LogP contribution in [0.2, 0.25) is 0 Å². The van der Waals surface area contributed by atoms with E-state index >= 15 is 0 Å². The van der Waals surface area contributed by atoms with Crippen molar-refractivity contribution in [1.29, 1.82) is 0 Å². The van der Waals surface area contributed by atoms with Crippen LogP contribution in [0.5, 0.6) is 0 Å². The van der Waals surface area contributed by atoms with E-state index in [0.717, 1.165) is 0 Å². The lowest BCUT2D eigenvalue weighted by Crippen LogP contribution is -2.03. The Morgan fingerprint density at radius 2 is 2.14 bits per heavy atom. The second-order valence-corrected chi connectivity index (χ2v) is 3.26. The summed E-state index contributed by atoms with van der Waals surface area (Å²) in [5.41, 5.74) is 0.598. The largest absolute Gasteiger partial charge is 0.373 e. The van der Waals surface area contributed by atoms with Gasteiger partial charge >= 0.3 is 0 Å². The number of nitro groups is 1. The van der Waals surface area contributed by atoms with Crippen molar-refractivity contribution in [2.75, 3.05) is 12.4 Å². The minimum Gasteiger partial charge on any atom is -0.373 e. The van der Waals surface area contributed by atoms with Crippen LogP contribution in [-0.4, -0.2) is 17.0 Å². The zero-order valence-corrected chi connectivity index (χ0v) is 8.44. The molecule has 5 heteroatoms. The fourth-order valence-electron chi connectivity index (χ4n) is 1.19. The second kappa shape index (κ2) is 4.04. The molecule has 0 spiro atoms. The highest BCUT2D eigenvalue weighted by atomic mass is 16.6. The maximum Gasteiger partial charge on any atom is 0.291 e. The topological polar surface area (TPSA) is 68.1 Å². The molecule has 0 aromatic carbocycles. The highest BCUT2D eigenvalue weighted by molar-refractivity contribution is 5.46. The van der Waals surface area contributed by atoms with Crippen LogP contribution in [0.3, 0.4) is 0 Å². The average Bonchev–Trinajstić information content (AvgIpc) is 2.16. The van der Waals surface area contributed by atoms with Gasteiger partial charge in [0.2, 0.25) is 0 Å². The van der Waals surface area contributed by atoms with E-state index in [1.165, 1.54) is 6.07 Å². The molecule has 0 amide bonds. The SMILES string of the molecule is CNc1ccc([N+](=O)[O-])c(C(C)C)n1. The summed E-state index contributed by atoms with van der Waals surface area (Å²) in [5.74, 6) is 0.697. The highest BCUT2D eigenvalue weighted by Crippen LogP contribution is 2.25. The molecule has 0 aliphatic heterocycles. The molecule has 1 aromatic heterocycles. The fraction of sp³-hybridized carbons (Fsp3) is 0.444. The Kier molecular flexibility index (Phi) is 3.01. The van der Waals surface area contributed by atoms with Crippen LogP contribution < -0.4 is 5.32 Å². The fourth-order valence-corrected chi connectivity index (χ4v) is 1.19. The van der Waals surface area contributed by atoms with Gasteiger partial charge in [-0.2, -0.15) is 0 Å². The average molecular weight is 195 g/mol. The van der Waals surface area contributed by atoms with Crippen molar-refractivity contribution in [3.8, 4) is 0 Å². The summed E-state index contributed by atoms with van der Waals surface area (Å²) in [7, 11) is 1.73. The number of nitrogens with one attached hydrogen (secondary N) is 1. The van der Waals surface area contributed by atoms with Crippen LogP contribution in [0.15, 0.2) is 12.1 Å². The van der Waals surface area contributed by atoms with Crippen molar-refractivity contribution < 1.29 is 4.92 Å². The van der Waals surface area contributed by atoms with Crippen molar-refractivity contribution >= 4 is 11.5 Å². The van der Waals surface area contributed by atoms with E-state index in [-0.39, 0.29) is 11.6 Å². The molecule has 5 nitrogen and oxygen atoms in total. The van der Waals surface area contributed by atoms with Gasteiger partial charge in [-0.05, 0) is 6.07 Å². The Balaban J connectivity index is 3.24. The second-order valence-electron chi connectivity index (χ2n) is 3.26. The smallest absolute Gasteiger partial charge is 0.291 e. The van der Waals surface area contributed by atoms with Gasteiger partial charge in [-0.1, -0.05) is 13.8 Å². The third-order valence-electron chi connectivity index (χ3n) is 1.90. The highest BCUT2D eigenvalue weighted by Gasteiger charge is 2.18. The summed E-state index contributed by atoms with van der Waals surface area (Å²) >= 11 is 0. The molecule has 0 atom stereocenters. The van der Waals surface area contributed by atoms with Crippen LogP contribution >= 0.6 is 0 Å². The number of nitrogens with zero attached hydrogens (tertiary/aromatic N) is 2. The van der Waals surface area contributed by atoms with E-state index in [2.05, 4.69) is 10.3 Å². The monoisotopic (exact) mass is 195 g/mol. The van der Waals surface area contributed by atoms with Gasteiger partial charge in [0.05, 0.1) is 4.92 Å². The predicted octanol–water partition coefficient (Wildman–Crippen LogP) is 2.15. The first-order chi connectivity index (χ1) is 6.56. The van der Waals surface area contributed by atoms with Gasteiger partial charge < -0.3 is 5.32 Å². The van der Waals surface area contributed by atoms with Crippen molar-refractivity contribution in [3.63, 3.8) is 0 Å². The number of hydrogen-bond acceptors (Lipinski definition) is 4. The molecule has 0 aliphatic carbocycles. The lowest BCUT2D eigenvalue weighted by Gasteiger charge is -2.07. The molecule has 0 aliphatic rings.